The molecule has 0 atom stereocenters. The number of carbonyl (C=O) groups excluding carboxylic acids is 1. The van der Waals surface area contributed by atoms with Crippen molar-refractivity contribution in [3.05, 3.63) is 28.8 Å². The topological polar surface area (TPSA) is 82.0 Å². The predicted octanol–water partition coefficient (Wildman–Crippen LogP) is 0.630. The highest BCUT2D eigenvalue weighted by atomic mass is 16.6. The molecule has 0 bridgehead atoms. The monoisotopic (exact) mass is 282 g/mol. The number of amides is 1. The van der Waals surface area contributed by atoms with Crippen LogP contribution in [-0.2, 0) is 13.2 Å². The van der Waals surface area contributed by atoms with Gasteiger partial charge in [0, 0.05) is 31.3 Å². The van der Waals surface area contributed by atoms with Crippen molar-refractivity contribution in [3.63, 3.8) is 0 Å². The molecule has 1 amide bonds. The molecule has 20 heavy (non-hydrogen) atoms. The van der Waals surface area contributed by atoms with Crippen LogP contribution in [0.25, 0.3) is 0 Å². The van der Waals surface area contributed by atoms with Gasteiger partial charge in [0.15, 0.2) is 0 Å². The first kappa shape index (κ1) is 16.4. The van der Waals surface area contributed by atoms with E-state index in [0.29, 0.717) is 24.2 Å². The van der Waals surface area contributed by atoms with E-state index in [2.05, 4.69) is 5.32 Å². The fourth-order valence-corrected chi connectivity index (χ4v) is 1.83. The molecule has 0 radical (unpaired) electrons. The zero-order chi connectivity index (χ0) is 15.1. The molecule has 0 aliphatic carbocycles. The van der Waals surface area contributed by atoms with E-state index in [4.69, 9.17) is 4.74 Å². The number of hydrogen-bond donors (Lipinski definition) is 3. The minimum atomic E-state index is -0.520. The van der Waals surface area contributed by atoms with Gasteiger partial charge in [-0.1, -0.05) is 17.7 Å². The van der Waals surface area contributed by atoms with Gasteiger partial charge >= 0.3 is 6.09 Å². The summed E-state index contributed by atoms with van der Waals surface area (Å²) in [6.45, 7) is 2.50. The Bertz CT molecular complexity index is 437. The summed E-state index contributed by atoms with van der Waals surface area (Å²) >= 11 is 0. The number of benzene rings is 1. The Morgan fingerprint density at radius 3 is 2.30 bits per heavy atom. The Kier molecular flexibility index (Phi) is 6.44. The SMILES string of the molecule is CNCCN(C)C(=O)Oc1c(CO)cc(C)cc1CO. The fraction of sp³-hybridized carbons (Fsp3) is 0.500. The lowest BCUT2D eigenvalue weighted by atomic mass is 10.1. The molecule has 0 unspecified atom stereocenters. The number of aryl methyl sites for hydroxylation is 1. The molecule has 0 heterocycles. The van der Waals surface area contributed by atoms with E-state index in [9.17, 15) is 15.0 Å². The van der Waals surface area contributed by atoms with Crippen LogP contribution in [0.4, 0.5) is 4.79 Å². The molecule has 0 aliphatic rings. The Morgan fingerprint density at radius 1 is 1.30 bits per heavy atom. The summed E-state index contributed by atoms with van der Waals surface area (Å²) in [7, 11) is 3.43. The van der Waals surface area contributed by atoms with Crippen LogP contribution in [0.15, 0.2) is 12.1 Å². The maximum absolute atomic E-state index is 12.0. The standard InChI is InChI=1S/C14H22N2O4/c1-10-6-11(8-17)13(12(7-10)9-18)20-14(19)16(3)5-4-15-2/h6-7,15,17-18H,4-5,8-9H2,1-3H3. The van der Waals surface area contributed by atoms with Gasteiger partial charge < -0.3 is 25.2 Å². The average Bonchev–Trinajstić information content (AvgIpc) is 2.45. The Morgan fingerprint density at radius 2 is 1.85 bits per heavy atom. The number of likely N-dealkylation sites (N-methyl/N-ethyl adjacent to an activating group) is 2. The normalized spacial score (nSPS) is 10.4. The van der Waals surface area contributed by atoms with Crippen LogP contribution in [0.5, 0.6) is 5.75 Å². The fourth-order valence-electron chi connectivity index (χ4n) is 1.83. The first-order valence-electron chi connectivity index (χ1n) is 6.45. The summed E-state index contributed by atoms with van der Waals surface area (Å²) in [4.78, 5) is 13.4. The molecule has 1 aromatic carbocycles. The summed E-state index contributed by atoms with van der Waals surface area (Å²) in [5.74, 6) is 0.238. The second-order valence-electron chi connectivity index (χ2n) is 4.62. The molecule has 0 fully saturated rings. The highest BCUT2D eigenvalue weighted by molar-refractivity contribution is 5.71. The van der Waals surface area contributed by atoms with Crippen molar-refractivity contribution in [1.29, 1.82) is 0 Å². The lowest BCUT2D eigenvalue weighted by molar-refractivity contribution is 0.160. The third-order valence-corrected chi connectivity index (χ3v) is 2.93. The zero-order valence-electron chi connectivity index (χ0n) is 12.1. The van der Waals surface area contributed by atoms with Crippen LogP contribution < -0.4 is 10.1 Å². The molecule has 0 aliphatic heterocycles. The van der Waals surface area contributed by atoms with Crippen molar-refractivity contribution >= 4 is 6.09 Å². The van der Waals surface area contributed by atoms with E-state index in [1.54, 1.807) is 26.2 Å². The zero-order valence-corrected chi connectivity index (χ0v) is 12.1. The lowest BCUT2D eigenvalue weighted by Gasteiger charge is -2.19. The minimum absolute atomic E-state index is 0.238. The summed E-state index contributed by atoms with van der Waals surface area (Å²) in [5, 5.41) is 21.7. The van der Waals surface area contributed by atoms with Crippen LogP contribution in [0, 0.1) is 6.92 Å². The Hall–Kier alpha value is -1.63. The van der Waals surface area contributed by atoms with Crippen molar-refractivity contribution in [1.82, 2.24) is 10.2 Å². The third-order valence-electron chi connectivity index (χ3n) is 2.93. The largest absolute Gasteiger partial charge is 0.415 e. The molecule has 0 aromatic heterocycles. The van der Waals surface area contributed by atoms with Crippen LogP contribution in [0.2, 0.25) is 0 Å². The van der Waals surface area contributed by atoms with Gasteiger partial charge in [0.25, 0.3) is 0 Å². The van der Waals surface area contributed by atoms with E-state index in [0.717, 1.165) is 5.56 Å². The number of aliphatic hydroxyl groups is 2. The number of nitrogens with one attached hydrogen (secondary N) is 1. The van der Waals surface area contributed by atoms with Crippen molar-refractivity contribution < 1.29 is 19.7 Å². The van der Waals surface area contributed by atoms with Gasteiger partial charge in [-0.2, -0.15) is 0 Å². The van der Waals surface area contributed by atoms with Gasteiger partial charge in [0.2, 0.25) is 0 Å². The quantitative estimate of drug-likeness (QED) is 0.713. The van der Waals surface area contributed by atoms with Crippen LogP contribution in [-0.4, -0.2) is 48.4 Å². The summed E-state index contributed by atoms with van der Waals surface area (Å²) in [6.07, 6.45) is -0.520. The van der Waals surface area contributed by atoms with Crippen LogP contribution in [0.1, 0.15) is 16.7 Å². The number of hydrogen-bond acceptors (Lipinski definition) is 5. The highest BCUT2D eigenvalue weighted by Gasteiger charge is 2.17. The molecule has 1 aromatic rings. The van der Waals surface area contributed by atoms with E-state index < -0.39 is 6.09 Å². The Balaban J connectivity index is 2.93. The van der Waals surface area contributed by atoms with Gasteiger partial charge in [-0.15, -0.1) is 0 Å². The van der Waals surface area contributed by atoms with E-state index in [-0.39, 0.29) is 19.0 Å². The second kappa shape index (κ2) is 7.84. The maximum Gasteiger partial charge on any atom is 0.415 e. The first-order chi connectivity index (χ1) is 9.53. The van der Waals surface area contributed by atoms with Gasteiger partial charge in [-0.25, -0.2) is 4.79 Å². The molecular weight excluding hydrogens is 260 g/mol. The highest BCUT2D eigenvalue weighted by Crippen LogP contribution is 2.27. The molecule has 6 nitrogen and oxygen atoms in total. The summed E-state index contributed by atoms with van der Waals surface area (Å²) in [6, 6.07) is 3.46. The molecule has 0 saturated carbocycles. The van der Waals surface area contributed by atoms with E-state index >= 15 is 0 Å². The second-order valence-corrected chi connectivity index (χ2v) is 4.62. The van der Waals surface area contributed by atoms with Crippen LogP contribution >= 0.6 is 0 Å². The number of ether oxygens (including phenoxy) is 1. The summed E-state index contributed by atoms with van der Waals surface area (Å²) < 4.78 is 5.31. The third kappa shape index (κ3) is 4.19. The van der Waals surface area contributed by atoms with Crippen molar-refractivity contribution in [2.75, 3.05) is 27.2 Å². The Labute approximate surface area is 119 Å². The van der Waals surface area contributed by atoms with Gasteiger partial charge in [-0.3, -0.25) is 0 Å². The van der Waals surface area contributed by atoms with E-state index in [1.807, 2.05) is 6.92 Å². The molecule has 0 saturated heterocycles. The van der Waals surface area contributed by atoms with Gasteiger partial charge in [-0.05, 0) is 14.0 Å². The number of nitrogens with zero attached hydrogens (tertiary/aromatic N) is 1. The first-order valence-corrected chi connectivity index (χ1v) is 6.45. The molecule has 112 valence electrons. The van der Waals surface area contributed by atoms with Crippen molar-refractivity contribution in [3.8, 4) is 5.75 Å². The smallest absolute Gasteiger partial charge is 0.409 e. The van der Waals surface area contributed by atoms with Crippen LogP contribution in [0.3, 0.4) is 0 Å². The molecule has 3 N–H and O–H groups in total. The number of rotatable bonds is 6. The van der Waals surface area contributed by atoms with Crippen molar-refractivity contribution in [2.24, 2.45) is 0 Å². The minimum Gasteiger partial charge on any atom is -0.409 e. The molecule has 0 spiro atoms. The van der Waals surface area contributed by atoms with Gasteiger partial charge in [0.05, 0.1) is 13.2 Å². The maximum atomic E-state index is 12.0. The molecule has 1 rings (SSSR count). The molecular formula is C14H22N2O4. The number of carbonyl (C=O) groups is 1. The lowest BCUT2D eigenvalue weighted by Crippen LogP contribution is -2.35. The summed E-state index contributed by atoms with van der Waals surface area (Å²) in [5.41, 5.74) is 1.87. The number of aliphatic hydroxyl groups excluding tert-OH is 2. The van der Waals surface area contributed by atoms with Crippen molar-refractivity contribution in [2.45, 2.75) is 20.1 Å². The average molecular weight is 282 g/mol. The van der Waals surface area contributed by atoms with Gasteiger partial charge in [0.1, 0.15) is 5.75 Å². The van der Waals surface area contributed by atoms with E-state index in [1.165, 1.54) is 4.90 Å². The molecule has 6 heteroatoms. The predicted molar refractivity (Wildman–Crippen MR) is 75.6 cm³/mol.